The molecule has 0 spiro atoms. The fraction of sp³-hybridized carbons (Fsp3) is 0.172. The molecular weight excluding hydrogens is 476 g/mol. The van der Waals surface area contributed by atoms with Crippen molar-refractivity contribution in [2.75, 3.05) is 6.61 Å². The van der Waals surface area contributed by atoms with Crippen LogP contribution in [-0.4, -0.2) is 12.6 Å². The molecule has 2 N–H and O–H groups in total. The highest BCUT2D eigenvalue weighted by Crippen LogP contribution is 2.43. The molecular formula is C29H25ClN2O4. The number of esters is 1. The van der Waals surface area contributed by atoms with Crippen LogP contribution in [0.3, 0.4) is 0 Å². The van der Waals surface area contributed by atoms with Crippen molar-refractivity contribution in [3.63, 3.8) is 0 Å². The Labute approximate surface area is 215 Å². The smallest absolute Gasteiger partial charge is 0.336 e. The Balaban J connectivity index is 1.55. The number of nitriles is 1. The Kier molecular flexibility index (Phi) is 7.94. The molecule has 1 unspecified atom stereocenters. The molecule has 4 rings (SSSR count). The summed E-state index contributed by atoms with van der Waals surface area (Å²) in [6.45, 7) is 2.76. The average molecular weight is 501 g/mol. The van der Waals surface area contributed by atoms with Gasteiger partial charge in [0.15, 0.2) is 0 Å². The highest BCUT2D eigenvalue weighted by Gasteiger charge is 2.31. The van der Waals surface area contributed by atoms with Gasteiger partial charge in [0.1, 0.15) is 28.9 Å². The maximum Gasteiger partial charge on any atom is 0.336 e. The third kappa shape index (κ3) is 5.70. The molecule has 3 aromatic carbocycles. The number of nitrogens with two attached hydrogens (primary N) is 1. The van der Waals surface area contributed by atoms with E-state index in [-0.39, 0.29) is 11.6 Å². The first-order valence-electron chi connectivity index (χ1n) is 11.6. The molecule has 0 fully saturated rings. The Bertz CT molecular complexity index is 1360. The summed E-state index contributed by atoms with van der Waals surface area (Å²) in [5.74, 6) is 0.493. The molecule has 7 heteroatoms. The number of benzene rings is 3. The Morgan fingerprint density at radius 3 is 2.61 bits per heavy atom. The molecule has 3 aromatic rings. The van der Waals surface area contributed by atoms with E-state index in [2.05, 4.69) is 13.0 Å². The molecule has 1 aliphatic rings. The van der Waals surface area contributed by atoms with Crippen LogP contribution < -0.4 is 19.9 Å². The molecule has 36 heavy (non-hydrogen) atoms. The van der Waals surface area contributed by atoms with Crippen molar-refractivity contribution in [3.8, 4) is 23.3 Å². The number of ether oxygens (including phenoxy) is 3. The lowest BCUT2D eigenvalue weighted by atomic mass is 9.83. The van der Waals surface area contributed by atoms with E-state index in [0.717, 1.165) is 29.7 Å². The highest BCUT2D eigenvalue weighted by molar-refractivity contribution is 6.32. The van der Waals surface area contributed by atoms with Gasteiger partial charge in [-0.2, -0.15) is 5.26 Å². The zero-order valence-electron chi connectivity index (χ0n) is 19.7. The van der Waals surface area contributed by atoms with Crippen molar-refractivity contribution < 1.29 is 19.0 Å². The second-order valence-electron chi connectivity index (χ2n) is 8.17. The van der Waals surface area contributed by atoms with E-state index in [4.69, 9.17) is 31.5 Å². The number of unbranched alkanes of at least 4 members (excludes halogenated alkanes) is 1. The summed E-state index contributed by atoms with van der Waals surface area (Å²) >= 11 is 6.12. The molecule has 182 valence electrons. The van der Waals surface area contributed by atoms with Gasteiger partial charge in [-0.25, -0.2) is 4.79 Å². The summed E-state index contributed by atoms with van der Waals surface area (Å²) in [5, 5.41) is 10.3. The fourth-order valence-electron chi connectivity index (χ4n) is 3.85. The van der Waals surface area contributed by atoms with E-state index < -0.39 is 11.9 Å². The molecule has 0 saturated carbocycles. The first kappa shape index (κ1) is 24.9. The molecule has 0 saturated heterocycles. The lowest BCUT2D eigenvalue weighted by Crippen LogP contribution is -2.21. The van der Waals surface area contributed by atoms with Crippen LogP contribution in [0, 0.1) is 11.3 Å². The summed E-state index contributed by atoms with van der Waals surface area (Å²) in [6, 6.07) is 22.0. The summed E-state index contributed by atoms with van der Waals surface area (Å²) in [7, 11) is 0. The number of halogens is 1. The number of nitrogens with zero attached hydrogens (tertiary/aromatic N) is 1. The third-order valence-electron chi connectivity index (χ3n) is 5.69. The predicted octanol–water partition coefficient (Wildman–Crippen LogP) is 6.36. The van der Waals surface area contributed by atoms with Crippen molar-refractivity contribution >= 4 is 23.6 Å². The zero-order chi connectivity index (χ0) is 25.5. The molecule has 6 nitrogen and oxygen atoms in total. The van der Waals surface area contributed by atoms with Gasteiger partial charge >= 0.3 is 5.97 Å². The van der Waals surface area contributed by atoms with Gasteiger partial charge in [0.05, 0.1) is 12.5 Å². The lowest BCUT2D eigenvalue weighted by Gasteiger charge is -2.26. The van der Waals surface area contributed by atoms with E-state index in [1.807, 2.05) is 36.4 Å². The predicted molar refractivity (Wildman–Crippen MR) is 139 cm³/mol. The Morgan fingerprint density at radius 2 is 1.89 bits per heavy atom. The monoisotopic (exact) mass is 500 g/mol. The SMILES string of the molecule is CCCCOc1ccc(C2C(C#N)=C(N)Oc3cc(OC(=O)/C=C/c4ccccc4Cl)ccc32)cc1. The maximum atomic E-state index is 12.4. The molecule has 0 aliphatic carbocycles. The van der Waals surface area contributed by atoms with Gasteiger partial charge in [0.2, 0.25) is 5.88 Å². The van der Waals surface area contributed by atoms with Crippen LogP contribution in [0.4, 0.5) is 0 Å². The molecule has 1 aliphatic heterocycles. The van der Waals surface area contributed by atoms with Gasteiger partial charge in [-0.3, -0.25) is 0 Å². The molecule has 0 amide bonds. The second kappa shape index (κ2) is 11.5. The standard InChI is InChI=1S/C29H25ClN2O4/c1-2-3-16-34-21-11-8-20(9-12-21)28-23-14-13-22(17-26(23)36-29(32)24(28)18-31)35-27(33)15-10-19-6-4-5-7-25(19)30/h4-15,17,28H,2-3,16,32H2,1H3/b15-10+. The minimum absolute atomic E-state index is 0.0142. The minimum atomic E-state index is -0.567. The summed E-state index contributed by atoms with van der Waals surface area (Å²) in [4.78, 5) is 12.4. The Hall–Kier alpha value is -4.21. The first-order valence-corrected chi connectivity index (χ1v) is 12.0. The van der Waals surface area contributed by atoms with Crippen molar-refractivity contribution in [2.45, 2.75) is 25.7 Å². The normalized spacial score (nSPS) is 14.6. The lowest BCUT2D eigenvalue weighted by molar-refractivity contribution is -0.128. The second-order valence-corrected chi connectivity index (χ2v) is 8.58. The summed E-state index contributed by atoms with van der Waals surface area (Å²) < 4.78 is 16.9. The number of fused-ring (bicyclic) bond motifs is 1. The van der Waals surface area contributed by atoms with E-state index >= 15 is 0 Å². The number of carbonyl (C=O) groups excluding carboxylic acids is 1. The number of hydrogen-bond acceptors (Lipinski definition) is 6. The summed E-state index contributed by atoms with van der Waals surface area (Å²) in [5.41, 5.74) is 8.73. The fourth-order valence-corrected chi connectivity index (χ4v) is 4.05. The van der Waals surface area contributed by atoms with Gasteiger partial charge in [-0.15, -0.1) is 0 Å². The quantitative estimate of drug-likeness (QED) is 0.167. The van der Waals surface area contributed by atoms with Gasteiger partial charge in [-0.1, -0.05) is 61.3 Å². The number of rotatable bonds is 8. The van der Waals surface area contributed by atoms with Crippen molar-refractivity contribution in [1.82, 2.24) is 0 Å². The zero-order valence-corrected chi connectivity index (χ0v) is 20.5. The van der Waals surface area contributed by atoms with Crippen molar-refractivity contribution in [1.29, 1.82) is 5.26 Å². The van der Waals surface area contributed by atoms with Crippen LogP contribution in [0.1, 0.15) is 42.4 Å². The van der Waals surface area contributed by atoms with Crippen LogP contribution in [0.25, 0.3) is 6.08 Å². The van der Waals surface area contributed by atoms with Crippen LogP contribution in [-0.2, 0) is 4.79 Å². The van der Waals surface area contributed by atoms with Gasteiger partial charge in [-0.05, 0) is 47.9 Å². The number of allylic oxidation sites excluding steroid dienone is 1. The van der Waals surface area contributed by atoms with E-state index in [9.17, 15) is 10.1 Å². The largest absolute Gasteiger partial charge is 0.494 e. The van der Waals surface area contributed by atoms with Crippen molar-refractivity contribution in [2.24, 2.45) is 5.73 Å². The highest BCUT2D eigenvalue weighted by atomic mass is 35.5. The average Bonchev–Trinajstić information content (AvgIpc) is 2.88. The van der Waals surface area contributed by atoms with Gasteiger partial charge < -0.3 is 19.9 Å². The first-order chi connectivity index (χ1) is 17.5. The minimum Gasteiger partial charge on any atom is -0.494 e. The van der Waals surface area contributed by atoms with Crippen LogP contribution >= 0.6 is 11.6 Å². The number of carbonyl (C=O) groups is 1. The van der Waals surface area contributed by atoms with Gasteiger partial charge in [0.25, 0.3) is 0 Å². The van der Waals surface area contributed by atoms with E-state index in [0.29, 0.717) is 28.5 Å². The van der Waals surface area contributed by atoms with Crippen LogP contribution in [0.15, 0.2) is 84.3 Å². The molecule has 0 radical (unpaired) electrons. The number of hydrogen-bond donors (Lipinski definition) is 1. The van der Waals surface area contributed by atoms with Gasteiger partial charge in [0, 0.05) is 22.7 Å². The maximum absolute atomic E-state index is 12.4. The molecule has 0 bridgehead atoms. The molecule has 1 heterocycles. The Morgan fingerprint density at radius 1 is 1.14 bits per heavy atom. The summed E-state index contributed by atoms with van der Waals surface area (Å²) in [6.07, 6.45) is 4.93. The van der Waals surface area contributed by atoms with E-state index in [1.54, 1.807) is 36.4 Å². The molecule has 1 atom stereocenters. The van der Waals surface area contributed by atoms with Crippen LogP contribution in [0.2, 0.25) is 5.02 Å². The molecule has 0 aromatic heterocycles. The van der Waals surface area contributed by atoms with Crippen molar-refractivity contribution in [3.05, 3.63) is 106 Å². The van der Waals surface area contributed by atoms with Crippen LogP contribution in [0.5, 0.6) is 17.2 Å². The van der Waals surface area contributed by atoms with E-state index in [1.165, 1.54) is 6.08 Å². The topological polar surface area (TPSA) is 94.6 Å². The third-order valence-corrected chi connectivity index (χ3v) is 6.04.